The fourth-order valence-electron chi connectivity index (χ4n) is 4.38. The van der Waals surface area contributed by atoms with Crippen LogP contribution in [0.1, 0.15) is 49.8 Å². The molecule has 0 saturated heterocycles. The van der Waals surface area contributed by atoms with Crippen LogP contribution in [0.3, 0.4) is 0 Å². The molecule has 1 aliphatic heterocycles. The van der Waals surface area contributed by atoms with Gasteiger partial charge in [0.15, 0.2) is 11.5 Å². The van der Waals surface area contributed by atoms with E-state index in [0.29, 0.717) is 13.0 Å². The number of aliphatic hydroxyl groups is 1. The summed E-state index contributed by atoms with van der Waals surface area (Å²) in [7, 11) is 0. The topological polar surface area (TPSA) is 73.4 Å². The highest BCUT2D eigenvalue weighted by Gasteiger charge is 2.43. The first kappa shape index (κ1) is 20.9. The van der Waals surface area contributed by atoms with Crippen LogP contribution in [-0.2, 0) is 16.0 Å². The van der Waals surface area contributed by atoms with Crippen molar-refractivity contribution in [1.29, 1.82) is 0 Å². The monoisotopic (exact) mass is 416 g/mol. The molecule has 2 N–H and O–H groups in total. The summed E-state index contributed by atoms with van der Waals surface area (Å²) in [5.74, 6) is -1.03. The molecule has 4 rings (SSSR count). The number of aromatic amines is 1. The average molecular weight is 417 g/mol. The number of amides is 1. The average Bonchev–Trinajstić information content (AvgIpc) is 3.32. The van der Waals surface area contributed by atoms with Gasteiger partial charge in [-0.05, 0) is 24.5 Å². The molecule has 0 saturated carbocycles. The van der Waals surface area contributed by atoms with E-state index in [4.69, 9.17) is 0 Å². The van der Waals surface area contributed by atoms with Gasteiger partial charge in [0.05, 0.1) is 11.6 Å². The number of unbranched alkanes of at least 4 members (excludes halogenated alkanes) is 2. The van der Waals surface area contributed by atoms with Gasteiger partial charge in [0, 0.05) is 35.6 Å². The number of aryl methyl sites for hydroxylation is 1. The van der Waals surface area contributed by atoms with Crippen LogP contribution in [0.5, 0.6) is 0 Å². The van der Waals surface area contributed by atoms with Gasteiger partial charge in [0.2, 0.25) is 0 Å². The second kappa shape index (κ2) is 9.21. The maximum absolute atomic E-state index is 13.3. The zero-order valence-corrected chi connectivity index (χ0v) is 17.8. The van der Waals surface area contributed by atoms with E-state index in [9.17, 15) is 14.7 Å². The van der Waals surface area contributed by atoms with Gasteiger partial charge in [-0.1, -0.05) is 68.3 Å². The number of rotatable bonds is 9. The summed E-state index contributed by atoms with van der Waals surface area (Å²) in [4.78, 5) is 31.2. The molecule has 0 bridgehead atoms. The fourth-order valence-corrected chi connectivity index (χ4v) is 4.38. The molecule has 5 heteroatoms. The van der Waals surface area contributed by atoms with Crippen molar-refractivity contribution in [2.24, 2.45) is 0 Å². The number of hydrogen-bond donors (Lipinski definition) is 2. The maximum Gasteiger partial charge on any atom is 0.290 e. The van der Waals surface area contributed by atoms with E-state index in [1.54, 1.807) is 4.90 Å². The van der Waals surface area contributed by atoms with E-state index >= 15 is 0 Å². The number of fused-ring (bicyclic) bond motifs is 1. The summed E-state index contributed by atoms with van der Waals surface area (Å²) >= 11 is 0. The number of aromatic nitrogens is 1. The lowest BCUT2D eigenvalue weighted by Crippen LogP contribution is -2.32. The normalized spacial score (nSPS) is 16.5. The van der Waals surface area contributed by atoms with Crippen LogP contribution < -0.4 is 0 Å². The summed E-state index contributed by atoms with van der Waals surface area (Å²) in [5.41, 5.74) is 3.08. The molecule has 0 aliphatic carbocycles. The Morgan fingerprint density at radius 3 is 2.58 bits per heavy atom. The molecule has 1 unspecified atom stereocenters. The minimum absolute atomic E-state index is 0.178. The number of hydrogen-bond acceptors (Lipinski definition) is 3. The molecule has 160 valence electrons. The van der Waals surface area contributed by atoms with E-state index in [2.05, 4.69) is 11.9 Å². The van der Waals surface area contributed by atoms with Crippen LogP contribution >= 0.6 is 0 Å². The molecule has 1 amide bonds. The van der Waals surface area contributed by atoms with Gasteiger partial charge in [-0.25, -0.2) is 0 Å². The summed E-state index contributed by atoms with van der Waals surface area (Å²) in [6.45, 7) is 2.62. The van der Waals surface area contributed by atoms with Crippen LogP contribution in [-0.4, -0.2) is 33.2 Å². The molecule has 1 aromatic heterocycles. The van der Waals surface area contributed by atoms with Crippen molar-refractivity contribution in [1.82, 2.24) is 9.88 Å². The standard InChI is InChI=1S/C26H28N2O3/c1-2-3-9-16-28-24(20-17-27-21-13-8-7-12-19(20)21)23(25(30)26(28)31)22(29)15-14-18-10-5-4-6-11-18/h4-8,10-13,17,24,27,30H,2-3,9,14-16H2,1H3. The third-order valence-electron chi connectivity index (χ3n) is 6.01. The van der Waals surface area contributed by atoms with E-state index in [1.165, 1.54) is 0 Å². The number of nitrogens with zero attached hydrogens (tertiary/aromatic N) is 1. The summed E-state index contributed by atoms with van der Waals surface area (Å²) in [5, 5.41) is 11.7. The van der Waals surface area contributed by atoms with Crippen molar-refractivity contribution in [3.05, 3.63) is 83.3 Å². The summed E-state index contributed by atoms with van der Waals surface area (Å²) in [6, 6.07) is 17.1. The first-order chi connectivity index (χ1) is 15.1. The second-order valence-electron chi connectivity index (χ2n) is 8.07. The van der Waals surface area contributed by atoms with Gasteiger partial charge in [-0.15, -0.1) is 0 Å². The number of H-pyrrole nitrogens is 1. The molecule has 0 radical (unpaired) electrons. The van der Waals surface area contributed by atoms with E-state index in [0.717, 1.165) is 41.3 Å². The van der Waals surface area contributed by atoms with Crippen LogP contribution in [0.25, 0.3) is 10.9 Å². The van der Waals surface area contributed by atoms with Gasteiger partial charge in [0.25, 0.3) is 5.91 Å². The minimum atomic E-state index is -0.566. The van der Waals surface area contributed by atoms with Crippen LogP contribution in [0, 0.1) is 0 Å². The lowest BCUT2D eigenvalue weighted by atomic mass is 9.93. The third-order valence-corrected chi connectivity index (χ3v) is 6.01. The highest BCUT2D eigenvalue weighted by molar-refractivity contribution is 6.09. The third kappa shape index (κ3) is 4.13. The Morgan fingerprint density at radius 1 is 1.06 bits per heavy atom. The highest BCUT2D eigenvalue weighted by atomic mass is 16.3. The minimum Gasteiger partial charge on any atom is -0.503 e. The van der Waals surface area contributed by atoms with Gasteiger partial charge in [-0.2, -0.15) is 0 Å². The fraction of sp³-hybridized carbons (Fsp3) is 0.308. The predicted octanol–water partition coefficient (Wildman–Crippen LogP) is 5.26. The largest absolute Gasteiger partial charge is 0.503 e. The van der Waals surface area contributed by atoms with Crippen molar-refractivity contribution < 1.29 is 14.7 Å². The molecular weight excluding hydrogens is 388 g/mol. The lowest BCUT2D eigenvalue weighted by molar-refractivity contribution is -0.129. The number of benzene rings is 2. The highest BCUT2D eigenvalue weighted by Crippen LogP contribution is 2.41. The number of carbonyl (C=O) groups excluding carboxylic acids is 2. The van der Waals surface area contributed by atoms with Gasteiger partial charge in [-0.3, -0.25) is 9.59 Å². The van der Waals surface area contributed by atoms with Crippen molar-refractivity contribution in [2.75, 3.05) is 6.54 Å². The summed E-state index contributed by atoms with van der Waals surface area (Å²) < 4.78 is 0. The van der Waals surface area contributed by atoms with Crippen LogP contribution in [0.4, 0.5) is 0 Å². The first-order valence-corrected chi connectivity index (χ1v) is 11.0. The number of nitrogens with one attached hydrogen (secondary N) is 1. The Hall–Kier alpha value is -3.34. The molecule has 31 heavy (non-hydrogen) atoms. The maximum atomic E-state index is 13.3. The van der Waals surface area contributed by atoms with Crippen LogP contribution in [0.15, 0.2) is 72.1 Å². The van der Waals surface area contributed by atoms with Gasteiger partial charge in [0.1, 0.15) is 0 Å². The Bertz CT molecular complexity index is 1110. The zero-order chi connectivity index (χ0) is 21.8. The first-order valence-electron chi connectivity index (χ1n) is 11.0. The van der Waals surface area contributed by atoms with Crippen molar-refractivity contribution in [2.45, 2.75) is 45.1 Å². The van der Waals surface area contributed by atoms with Crippen molar-refractivity contribution in [3.8, 4) is 0 Å². The predicted molar refractivity (Wildman–Crippen MR) is 122 cm³/mol. The SMILES string of the molecule is CCCCCN1C(=O)C(O)=C(C(=O)CCc2ccccc2)C1c1c[nH]c2ccccc12. The van der Waals surface area contributed by atoms with E-state index in [-0.39, 0.29) is 17.8 Å². The number of ketones is 1. The second-order valence-corrected chi connectivity index (χ2v) is 8.07. The zero-order valence-electron chi connectivity index (χ0n) is 17.8. The lowest BCUT2D eigenvalue weighted by Gasteiger charge is -2.26. The Kier molecular flexibility index (Phi) is 6.21. The number of aliphatic hydroxyl groups excluding tert-OH is 1. The molecule has 0 fully saturated rings. The number of Topliss-reactive ketones (excluding diaryl/α,β-unsaturated/α-hetero) is 1. The van der Waals surface area contributed by atoms with Crippen molar-refractivity contribution in [3.63, 3.8) is 0 Å². The smallest absolute Gasteiger partial charge is 0.290 e. The Morgan fingerprint density at radius 2 is 1.81 bits per heavy atom. The Labute approximate surface area is 182 Å². The number of carbonyl (C=O) groups is 2. The Balaban J connectivity index is 1.68. The molecule has 0 spiro atoms. The van der Waals surface area contributed by atoms with Gasteiger partial charge < -0.3 is 15.0 Å². The molecule has 2 aromatic carbocycles. The molecular formula is C26H28N2O3. The molecule has 1 atom stereocenters. The summed E-state index contributed by atoms with van der Waals surface area (Å²) in [6.07, 6.45) is 5.53. The molecule has 5 nitrogen and oxygen atoms in total. The molecule has 2 heterocycles. The van der Waals surface area contributed by atoms with E-state index < -0.39 is 17.7 Å². The quantitative estimate of drug-likeness (QED) is 0.468. The van der Waals surface area contributed by atoms with E-state index in [1.807, 2.05) is 60.8 Å². The van der Waals surface area contributed by atoms with Crippen molar-refractivity contribution >= 4 is 22.6 Å². The van der Waals surface area contributed by atoms with Gasteiger partial charge >= 0.3 is 0 Å². The van der Waals surface area contributed by atoms with Crippen LogP contribution in [0.2, 0.25) is 0 Å². The molecule has 1 aliphatic rings. The molecule has 3 aromatic rings. The number of para-hydroxylation sites is 1.